The van der Waals surface area contributed by atoms with Crippen molar-refractivity contribution in [3.63, 3.8) is 0 Å². The lowest BCUT2D eigenvalue weighted by molar-refractivity contribution is 1.10. The molecule has 1 saturated carbocycles. The van der Waals surface area contributed by atoms with Gasteiger partial charge in [-0.3, -0.25) is 0 Å². The van der Waals surface area contributed by atoms with E-state index in [-0.39, 0.29) is 0 Å². The Bertz CT molecular complexity index is 350. The molecule has 0 heterocycles. The number of rotatable bonds is 3. The molecular weight excluding hydrogens is 283 g/mol. The normalized spacial score (nSPS) is 15.9. The maximum atomic E-state index is 3.81. The highest BCUT2D eigenvalue weighted by Gasteiger charge is 2.25. The van der Waals surface area contributed by atoms with Crippen molar-refractivity contribution < 1.29 is 0 Å². The van der Waals surface area contributed by atoms with Gasteiger partial charge in [0.1, 0.15) is 0 Å². The van der Waals surface area contributed by atoms with Crippen LogP contribution in [0.5, 0.6) is 0 Å². The van der Waals surface area contributed by atoms with Crippen molar-refractivity contribution in [3.05, 3.63) is 51.5 Å². The van der Waals surface area contributed by atoms with Crippen LogP contribution in [0.2, 0.25) is 0 Å². The first kappa shape index (κ1) is 10.2. The van der Waals surface area contributed by atoms with E-state index in [2.05, 4.69) is 54.3 Å². The third kappa shape index (κ3) is 2.02. The van der Waals surface area contributed by atoms with Crippen molar-refractivity contribution in [3.8, 4) is 0 Å². The van der Waals surface area contributed by atoms with Crippen molar-refractivity contribution >= 4 is 22.6 Å². The van der Waals surface area contributed by atoms with Crippen molar-refractivity contribution in [2.45, 2.75) is 25.7 Å². The molecule has 0 bridgehead atoms. The lowest BCUT2D eigenvalue weighted by Gasteiger charge is -2.09. The van der Waals surface area contributed by atoms with Gasteiger partial charge in [-0.1, -0.05) is 25.1 Å². The fraction of sp³-hybridized carbons (Fsp3) is 0.308. The second-order valence-electron chi connectivity index (χ2n) is 3.90. The number of hydrogen-bond acceptors (Lipinski definition) is 0. The van der Waals surface area contributed by atoms with Crippen LogP contribution in [0.4, 0.5) is 0 Å². The zero-order valence-corrected chi connectivity index (χ0v) is 10.5. The first-order valence-electron chi connectivity index (χ1n) is 4.98. The molecule has 1 aromatic rings. The van der Waals surface area contributed by atoms with E-state index in [1.165, 1.54) is 33.5 Å². The summed E-state index contributed by atoms with van der Waals surface area (Å²) in [4.78, 5) is 0. The summed E-state index contributed by atoms with van der Waals surface area (Å²) in [5.74, 6) is 2.10. The van der Waals surface area contributed by atoms with Gasteiger partial charge >= 0.3 is 0 Å². The summed E-state index contributed by atoms with van der Waals surface area (Å²) < 4.78 is 1.41. The first-order chi connectivity index (χ1) is 6.72. The van der Waals surface area contributed by atoms with E-state index in [9.17, 15) is 0 Å². The predicted molar refractivity (Wildman–Crippen MR) is 69.4 cm³/mol. The second kappa shape index (κ2) is 4.05. The standard InChI is InChI=1S/C13H14I/c1-3-9(2)11-6-7-13(14)12(8-11)10-4-5-10/h3,6-8,10H,1,4-5H2,2H3. The summed E-state index contributed by atoms with van der Waals surface area (Å²) in [7, 11) is 0. The Hall–Kier alpha value is -0.310. The van der Waals surface area contributed by atoms with Crippen LogP contribution in [0.15, 0.2) is 30.9 Å². The van der Waals surface area contributed by atoms with Crippen LogP contribution in [0, 0.1) is 9.49 Å². The fourth-order valence-corrected chi connectivity index (χ4v) is 2.39. The van der Waals surface area contributed by atoms with Crippen LogP contribution in [0.1, 0.15) is 36.8 Å². The molecule has 0 aromatic heterocycles. The monoisotopic (exact) mass is 297 g/mol. The van der Waals surface area contributed by atoms with Crippen molar-refractivity contribution in [2.75, 3.05) is 0 Å². The molecule has 0 N–H and O–H groups in total. The number of hydrogen-bond donors (Lipinski definition) is 0. The molecule has 2 rings (SSSR count). The highest BCUT2D eigenvalue weighted by Crippen LogP contribution is 2.42. The van der Waals surface area contributed by atoms with Crippen LogP contribution >= 0.6 is 22.6 Å². The van der Waals surface area contributed by atoms with Gasteiger partial charge in [0.05, 0.1) is 0 Å². The average molecular weight is 297 g/mol. The SMILES string of the molecule is C=C[C](C)c1ccc(I)c(C2CC2)c1. The zero-order valence-electron chi connectivity index (χ0n) is 8.39. The first-order valence-corrected chi connectivity index (χ1v) is 6.06. The molecule has 1 fully saturated rings. The molecule has 0 aliphatic heterocycles. The van der Waals surface area contributed by atoms with E-state index >= 15 is 0 Å². The van der Waals surface area contributed by atoms with E-state index in [0.29, 0.717) is 0 Å². The second-order valence-corrected chi connectivity index (χ2v) is 5.06. The quantitative estimate of drug-likeness (QED) is 0.730. The highest BCUT2D eigenvalue weighted by molar-refractivity contribution is 14.1. The molecule has 0 saturated heterocycles. The minimum absolute atomic E-state index is 0.833. The van der Waals surface area contributed by atoms with E-state index < -0.39 is 0 Å². The highest BCUT2D eigenvalue weighted by atomic mass is 127. The van der Waals surface area contributed by atoms with Gasteiger partial charge in [-0.15, -0.1) is 6.58 Å². The molecule has 0 amide bonds. The van der Waals surface area contributed by atoms with Crippen molar-refractivity contribution in [2.24, 2.45) is 0 Å². The summed E-state index contributed by atoms with van der Waals surface area (Å²) in [6.45, 7) is 5.93. The molecular formula is C13H14I. The lowest BCUT2D eigenvalue weighted by atomic mass is 9.98. The predicted octanol–water partition coefficient (Wildman–Crippen LogP) is 4.30. The molecule has 1 aromatic carbocycles. The van der Waals surface area contributed by atoms with Gasteiger partial charge in [0.2, 0.25) is 0 Å². The third-order valence-corrected chi connectivity index (χ3v) is 3.76. The third-order valence-electron chi connectivity index (χ3n) is 2.77. The van der Waals surface area contributed by atoms with Crippen LogP contribution in [-0.4, -0.2) is 0 Å². The number of allylic oxidation sites excluding steroid dienone is 1. The summed E-state index contributed by atoms with van der Waals surface area (Å²) >= 11 is 2.43. The Kier molecular flexibility index (Phi) is 2.96. The Morgan fingerprint density at radius 3 is 2.79 bits per heavy atom. The minimum Gasteiger partial charge on any atom is -0.102 e. The van der Waals surface area contributed by atoms with Gasteiger partial charge in [0.25, 0.3) is 0 Å². The van der Waals surface area contributed by atoms with Gasteiger partial charge in [-0.2, -0.15) is 0 Å². The molecule has 0 atom stereocenters. The van der Waals surface area contributed by atoms with Gasteiger partial charge < -0.3 is 0 Å². The topological polar surface area (TPSA) is 0 Å². The van der Waals surface area contributed by atoms with Gasteiger partial charge in [0.15, 0.2) is 0 Å². The summed E-state index contributed by atoms with van der Waals surface area (Å²) in [5.41, 5.74) is 2.85. The summed E-state index contributed by atoms with van der Waals surface area (Å²) in [6.07, 6.45) is 4.66. The van der Waals surface area contributed by atoms with Crippen molar-refractivity contribution in [1.29, 1.82) is 0 Å². The Morgan fingerprint density at radius 2 is 2.21 bits per heavy atom. The molecule has 1 heteroatoms. The van der Waals surface area contributed by atoms with E-state index in [4.69, 9.17) is 0 Å². The lowest BCUT2D eigenvalue weighted by Crippen LogP contribution is -1.93. The summed E-state index contributed by atoms with van der Waals surface area (Å²) in [5, 5.41) is 0. The molecule has 1 radical (unpaired) electrons. The molecule has 0 nitrogen and oxygen atoms in total. The average Bonchev–Trinajstić information content (AvgIpc) is 3.01. The van der Waals surface area contributed by atoms with E-state index in [1.807, 2.05) is 6.08 Å². The minimum atomic E-state index is 0.833. The molecule has 14 heavy (non-hydrogen) atoms. The van der Waals surface area contributed by atoms with Gasteiger partial charge in [0, 0.05) is 9.49 Å². The Morgan fingerprint density at radius 1 is 1.50 bits per heavy atom. The number of benzene rings is 1. The van der Waals surface area contributed by atoms with Gasteiger partial charge in [-0.05, 0) is 58.5 Å². The van der Waals surface area contributed by atoms with Crippen LogP contribution in [0.3, 0.4) is 0 Å². The van der Waals surface area contributed by atoms with Crippen molar-refractivity contribution in [1.82, 2.24) is 0 Å². The van der Waals surface area contributed by atoms with Gasteiger partial charge in [-0.25, -0.2) is 0 Å². The van der Waals surface area contributed by atoms with E-state index in [0.717, 1.165) is 5.92 Å². The van der Waals surface area contributed by atoms with Crippen LogP contribution < -0.4 is 0 Å². The molecule has 1 aliphatic carbocycles. The fourth-order valence-electron chi connectivity index (χ4n) is 1.61. The molecule has 0 spiro atoms. The molecule has 1 aliphatic rings. The smallest absolute Gasteiger partial charge is 0.0230 e. The Balaban J connectivity index is 2.34. The van der Waals surface area contributed by atoms with E-state index in [1.54, 1.807) is 0 Å². The maximum absolute atomic E-state index is 3.81. The summed E-state index contributed by atoms with van der Waals surface area (Å²) in [6, 6.07) is 6.73. The van der Waals surface area contributed by atoms with Crippen LogP contribution in [0.25, 0.3) is 0 Å². The Labute approximate surface area is 99.6 Å². The van der Waals surface area contributed by atoms with Crippen LogP contribution in [-0.2, 0) is 0 Å². The number of halogens is 1. The largest absolute Gasteiger partial charge is 0.102 e. The maximum Gasteiger partial charge on any atom is 0.0230 e. The molecule has 0 unspecified atom stereocenters. The zero-order chi connectivity index (χ0) is 10.1. The molecule has 73 valence electrons.